The number of aromatic nitrogens is 2. The molecule has 134 valence electrons. The summed E-state index contributed by atoms with van der Waals surface area (Å²) >= 11 is 0. The molecule has 1 saturated heterocycles. The smallest absolute Gasteiger partial charge is 0.240 e. The van der Waals surface area contributed by atoms with Gasteiger partial charge in [0.1, 0.15) is 0 Å². The number of halogens is 2. The summed E-state index contributed by atoms with van der Waals surface area (Å²) in [6, 6.07) is 10.7. The maximum Gasteiger partial charge on any atom is 0.240 e. The van der Waals surface area contributed by atoms with Crippen LogP contribution in [0.4, 0.5) is 0 Å². The van der Waals surface area contributed by atoms with E-state index in [2.05, 4.69) is 50.3 Å². The molecule has 1 aliphatic heterocycles. The van der Waals surface area contributed by atoms with Gasteiger partial charge in [-0.3, -0.25) is 4.90 Å². The molecule has 0 aliphatic carbocycles. The van der Waals surface area contributed by atoms with Gasteiger partial charge in [0.05, 0.1) is 13.1 Å². The van der Waals surface area contributed by atoms with E-state index in [9.17, 15) is 0 Å². The molecule has 0 radical (unpaired) electrons. The van der Waals surface area contributed by atoms with Crippen molar-refractivity contribution >= 4 is 24.8 Å². The number of hydrogen-bond acceptors (Lipinski definition) is 6. The Kier molecular flexibility index (Phi) is 9.25. The highest BCUT2D eigenvalue weighted by molar-refractivity contribution is 5.85. The molecule has 0 atom stereocenters. The number of nitrogens with zero attached hydrogens (tertiary/aromatic N) is 4. The fourth-order valence-corrected chi connectivity index (χ4v) is 2.74. The van der Waals surface area contributed by atoms with Gasteiger partial charge >= 0.3 is 0 Å². The van der Waals surface area contributed by atoms with E-state index in [1.165, 1.54) is 5.56 Å². The first-order chi connectivity index (χ1) is 10.8. The highest BCUT2D eigenvalue weighted by Gasteiger charge is 2.18. The zero-order valence-electron chi connectivity index (χ0n) is 13.6. The van der Waals surface area contributed by atoms with Crippen molar-refractivity contribution in [1.82, 2.24) is 19.9 Å². The van der Waals surface area contributed by atoms with Crippen molar-refractivity contribution < 1.29 is 4.52 Å². The van der Waals surface area contributed by atoms with Crippen LogP contribution in [0.3, 0.4) is 0 Å². The Bertz CT molecular complexity index is 573. The van der Waals surface area contributed by atoms with Gasteiger partial charge in [0, 0.05) is 32.7 Å². The Morgan fingerprint density at radius 1 is 1.00 bits per heavy atom. The van der Waals surface area contributed by atoms with Gasteiger partial charge in [-0.25, -0.2) is 0 Å². The van der Waals surface area contributed by atoms with Crippen LogP contribution in [0.2, 0.25) is 0 Å². The van der Waals surface area contributed by atoms with Crippen molar-refractivity contribution in [3.8, 4) is 0 Å². The molecule has 1 fully saturated rings. The lowest BCUT2D eigenvalue weighted by Gasteiger charge is -2.34. The molecule has 2 N–H and O–H groups in total. The van der Waals surface area contributed by atoms with Gasteiger partial charge < -0.3 is 15.2 Å². The summed E-state index contributed by atoms with van der Waals surface area (Å²) in [4.78, 5) is 9.14. The maximum atomic E-state index is 5.48. The highest BCUT2D eigenvalue weighted by atomic mass is 35.5. The Labute approximate surface area is 155 Å². The summed E-state index contributed by atoms with van der Waals surface area (Å²) in [5.41, 5.74) is 6.89. The number of benzene rings is 1. The van der Waals surface area contributed by atoms with Gasteiger partial charge in [-0.1, -0.05) is 35.5 Å². The molecule has 2 heterocycles. The van der Waals surface area contributed by atoms with E-state index in [1.807, 2.05) is 0 Å². The molecule has 1 aliphatic rings. The van der Waals surface area contributed by atoms with E-state index in [-0.39, 0.29) is 24.8 Å². The summed E-state index contributed by atoms with van der Waals surface area (Å²) in [5.74, 6) is 1.25. The lowest BCUT2D eigenvalue weighted by atomic mass is 10.1. The predicted molar refractivity (Wildman–Crippen MR) is 98.5 cm³/mol. The number of hydrogen-bond donors (Lipinski definition) is 1. The third-order valence-corrected chi connectivity index (χ3v) is 4.07. The van der Waals surface area contributed by atoms with Gasteiger partial charge in [-0.2, -0.15) is 4.98 Å². The minimum absolute atomic E-state index is 0. The van der Waals surface area contributed by atoms with Crippen LogP contribution in [0.15, 0.2) is 34.9 Å². The Hall–Kier alpha value is -1.18. The average molecular weight is 374 g/mol. The molecule has 3 rings (SSSR count). The highest BCUT2D eigenvalue weighted by Crippen LogP contribution is 2.08. The largest absolute Gasteiger partial charge is 0.338 e. The molecular formula is C16H25Cl2N5O. The topological polar surface area (TPSA) is 71.4 Å². The number of rotatable bonds is 6. The Balaban J connectivity index is 0.00000144. The van der Waals surface area contributed by atoms with E-state index < -0.39 is 0 Å². The van der Waals surface area contributed by atoms with Gasteiger partial charge in [0.25, 0.3) is 0 Å². The SMILES string of the molecule is Cl.Cl.NCc1nc(CN2CCN(CCc3ccccc3)CC2)no1. The second-order valence-corrected chi connectivity index (χ2v) is 5.66. The van der Waals surface area contributed by atoms with Crippen LogP contribution < -0.4 is 5.73 Å². The molecule has 1 aromatic heterocycles. The number of piperazine rings is 1. The molecule has 1 aromatic carbocycles. The second kappa shape index (κ2) is 10.6. The van der Waals surface area contributed by atoms with Crippen LogP contribution in [0, 0.1) is 0 Å². The minimum Gasteiger partial charge on any atom is -0.338 e. The van der Waals surface area contributed by atoms with Crippen LogP contribution in [-0.4, -0.2) is 52.7 Å². The van der Waals surface area contributed by atoms with E-state index in [4.69, 9.17) is 10.3 Å². The lowest BCUT2D eigenvalue weighted by Crippen LogP contribution is -2.46. The second-order valence-electron chi connectivity index (χ2n) is 5.66. The van der Waals surface area contributed by atoms with Crippen molar-refractivity contribution in [2.24, 2.45) is 5.73 Å². The first-order valence-corrected chi connectivity index (χ1v) is 7.83. The summed E-state index contributed by atoms with van der Waals surface area (Å²) in [7, 11) is 0. The molecule has 8 heteroatoms. The summed E-state index contributed by atoms with van der Waals surface area (Å²) in [6.07, 6.45) is 1.12. The molecule has 2 aromatic rings. The van der Waals surface area contributed by atoms with Crippen molar-refractivity contribution in [3.63, 3.8) is 0 Å². The van der Waals surface area contributed by atoms with E-state index in [0.717, 1.165) is 51.5 Å². The van der Waals surface area contributed by atoms with Gasteiger partial charge in [-0.05, 0) is 12.0 Å². The monoisotopic (exact) mass is 373 g/mol. The van der Waals surface area contributed by atoms with Crippen molar-refractivity contribution in [3.05, 3.63) is 47.6 Å². The fourth-order valence-electron chi connectivity index (χ4n) is 2.74. The molecule has 0 amide bonds. The third-order valence-electron chi connectivity index (χ3n) is 4.07. The predicted octanol–water partition coefficient (Wildman–Crippen LogP) is 1.73. The number of nitrogens with two attached hydrogens (primary N) is 1. The summed E-state index contributed by atoms with van der Waals surface area (Å²) in [5, 5.41) is 3.95. The Morgan fingerprint density at radius 2 is 1.67 bits per heavy atom. The maximum absolute atomic E-state index is 5.48. The van der Waals surface area contributed by atoms with Crippen LogP contribution >= 0.6 is 24.8 Å². The average Bonchev–Trinajstić information content (AvgIpc) is 3.03. The fraction of sp³-hybridized carbons (Fsp3) is 0.500. The molecule has 24 heavy (non-hydrogen) atoms. The van der Waals surface area contributed by atoms with Crippen molar-refractivity contribution in [2.45, 2.75) is 19.5 Å². The van der Waals surface area contributed by atoms with Crippen LogP contribution in [0.5, 0.6) is 0 Å². The van der Waals surface area contributed by atoms with Gasteiger partial charge in [0.15, 0.2) is 5.82 Å². The molecule has 0 unspecified atom stereocenters. The van der Waals surface area contributed by atoms with Crippen LogP contribution in [0.25, 0.3) is 0 Å². The van der Waals surface area contributed by atoms with Crippen molar-refractivity contribution in [1.29, 1.82) is 0 Å². The van der Waals surface area contributed by atoms with Crippen LogP contribution in [-0.2, 0) is 19.5 Å². The molecule has 0 spiro atoms. The van der Waals surface area contributed by atoms with Gasteiger partial charge in [-0.15, -0.1) is 24.8 Å². The van der Waals surface area contributed by atoms with E-state index >= 15 is 0 Å². The molecule has 0 bridgehead atoms. The normalized spacial score (nSPS) is 15.5. The van der Waals surface area contributed by atoms with Crippen LogP contribution in [0.1, 0.15) is 17.3 Å². The van der Waals surface area contributed by atoms with Gasteiger partial charge in [0.2, 0.25) is 5.89 Å². The summed E-state index contributed by atoms with van der Waals surface area (Å²) < 4.78 is 5.04. The first kappa shape index (κ1) is 20.9. The summed E-state index contributed by atoms with van der Waals surface area (Å²) in [6.45, 7) is 6.44. The van der Waals surface area contributed by atoms with E-state index in [0.29, 0.717) is 12.4 Å². The lowest BCUT2D eigenvalue weighted by molar-refractivity contribution is 0.125. The first-order valence-electron chi connectivity index (χ1n) is 7.83. The standard InChI is InChI=1S/C16H23N5O.2ClH/c17-12-16-18-15(19-22-16)13-21-10-8-20(9-11-21)7-6-14-4-2-1-3-5-14;;/h1-5H,6-13,17H2;2*1H. The molecule has 0 saturated carbocycles. The molecular weight excluding hydrogens is 349 g/mol. The molecule has 6 nitrogen and oxygen atoms in total. The van der Waals surface area contributed by atoms with E-state index in [1.54, 1.807) is 0 Å². The third kappa shape index (κ3) is 6.03. The minimum atomic E-state index is 0. The van der Waals surface area contributed by atoms with Crippen molar-refractivity contribution in [2.75, 3.05) is 32.7 Å². The quantitative estimate of drug-likeness (QED) is 0.831. The zero-order valence-corrected chi connectivity index (χ0v) is 15.3. The zero-order chi connectivity index (χ0) is 15.2. The Morgan fingerprint density at radius 3 is 2.29 bits per heavy atom.